The van der Waals surface area contributed by atoms with E-state index < -0.39 is 5.97 Å². The average Bonchev–Trinajstić information content (AvgIpc) is 3.33. The first-order valence-electron chi connectivity index (χ1n) is 7.60. The number of methoxy groups -OCH3 is 1. The molecule has 0 radical (unpaired) electrons. The van der Waals surface area contributed by atoms with Gasteiger partial charge in [-0.3, -0.25) is 9.89 Å². The topological polar surface area (TPSA) is 97.0 Å². The number of aryl methyl sites for hydroxylation is 1. The Morgan fingerprint density at radius 2 is 2.21 bits per heavy atom. The van der Waals surface area contributed by atoms with E-state index in [0.29, 0.717) is 22.3 Å². The van der Waals surface area contributed by atoms with E-state index in [1.54, 1.807) is 18.2 Å². The summed E-state index contributed by atoms with van der Waals surface area (Å²) in [6.07, 6.45) is 2.30. The van der Waals surface area contributed by atoms with Gasteiger partial charge >= 0.3 is 5.97 Å². The molecule has 1 heterocycles. The van der Waals surface area contributed by atoms with Crippen molar-refractivity contribution >= 4 is 29.3 Å². The minimum Gasteiger partial charge on any atom is -0.465 e. The second kappa shape index (κ2) is 7.04. The number of carbonyl (C=O) groups is 2. The summed E-state index contributed by atoms with van der Waals surface area (Å²) in [5.41, 5.74) is 1.86. The van der Waals surface area contributed by atoms with Gasteiger partial charge in [0, 0.05) is 11.6 Å². The minimum atomic E-state index is -0.437. The van der Waals surface area contributed by atoms with Gasteiger partial charge in [0.1, 0.15) is 5.82 Å². The Labute approximate surface area is 143 Å². The number of nitrogens with zero attached hydrogens (tertiary/aromatic N) is 2. The van der Waals surface area contributed by atoms with Crippen LogP contribution in [-0.2, 0) is 9.53 Å². The number of nitrogens with one attached hydrogen (secondary N) is 2. The number of aromatic amines is 1. The molecular formula is C16H18N4O3S. The van der Waals surface area contributed by atoms with Gasteiger partial charge in [-0.1, -0.05) is 17.8 Å². The van der Waals surface area contributed by atoms with Gasteiger partial charge < -0.3 is 10.1 Å². The van der Waals surface area contributed by atoms with Gasteiger partial charge in [-0.2, -0.15) is 0 Å². The number of aromatic nitrogens is 3. The highest BCUT2D eigenvalue weighted by Crippen LogP contribution is 2.38. The molecule has 0 atom stereocenters. The van der Waals surface area contributed by atoms with Gasteiger partial charge in [0.25, 0.3) is 0 Å². The number of hydrogen-bond donors (Lipinski definition) is 2. The number of hydrogen-bond acceptors (Lipinski definition) is 6. The van der Waals surface area contributed by atoms with Crippen LogP contribution in [-0.4, -0.2) is 39.9 Å². The fraction of sp³-hybridized carbons (Fsp3) is 0.375. The summed E-state index contributed by atoms with van der Waals surface area (Å²) in [5.74, 6) is 0.990. The van der Waals surface area contributed by atoms with Crippen molar-refractivity contribution in [3.8, 4) is 0 Å². The normalized spacial score (nSPS) is 13.6. The Morgan fingerprint density at radius 1 is 1.42 bits per heavy atom. The summed E-state index contributed by atoms with van der Waals surface area (Å²) >= 11 is 1.28. The lowest BCUT2D eigenvalue weighted by Crippen LogP contribution is -2.15. The molecule has 3 rings (SSSR count). The number of benzene rings is 1. The van der Waals surface area contributed by atoms with Gasteiger partial charge in [0.05, 0.1) is 18.4 Å². The lowest BCUT2D eigenvalue weighted by molar-refractivity contribution is -0.113. The highest BCUT2D eigenvalue weighted by molar-refractivity contribution is 7.99. The van der Waals surface area contributed by atoms with Gasteiger partial charge in [-0.15, -0.1) is 5.10 Å². The van der Waals surface area contributed by atoms with Crippen LogP contribution in [0.25, 0.3) is 0 Å². The average molecular weight is 346 g/mol. The predicted octanol–water partition coefficient (Wildman–Crippen LogP) is 2.51. The van der Waals surface area contributed by atoms with Gasteiger partial charge in [0.2, 0.25) is 11.1 Å². The van der Waals surface area contributed by atoms with Crippen LogP contribution in [0.1, 0.15) is 40.5 Å². The van der Waals surface area contributed by atoms with E-state index in [0.717, 1.165) is 24.2 Å². The smallest absolute Gasteiger partial charge is 0.337 e. The lowest BCUT2D eigenvalue weighted by Gasteiger charge is -2.09. The molecule has 0 aliphatic heterocycles. The van der Waals surface area contributed by atoms with Gasteiger partial charge in [-0.25, -0.2) is 9.78 Å². The fourth-order valence-electron chi connectivity index (χ4n) is 2.18. The van der Waals surface area contributed by atoms with E-state index in [2.05, 4.69) is 20.5 Å². The number of esters is 1. The molecule has 1 aliphatic carbocycles. The Bertz CT molecular complexity index is 770. The summed E-state index contributed by atoms with van der Waals surface area (Å²) in [7, 11) is 1.32. The maximum absolute atomic E-state index is 12.1. The van der Waals surface area contributed by atoms with Crippen LogP contribution in [0.4, 0.5) is 5.69 Å². The molecular weight excluding hydrogens is 328 g/mol. The molecule has 7 nitrogen and oxygen atoms in total. The van der Waals surface area contributed by atoms with Crippen LogP contribution in [0.2, 0.25) is 0 Å². The minimum absolute atomic E-state index is 0.178. The van der Waals surface area contributed by atoms with Crippen LogP contribution >= 0.6 is 11.8 Å². The Hall–Kier alpha value is -2.35. The molecule has 0 bridgehead atoms. The molecule has 1 aromatic heterocycles. The van der Waals surface area contributed by atoms with E-state index in [9.17, 15) is 9.59 Å². The first-order chi connectivity index (χ1) is 11.6. The third-order valence-electron chi connectivity index (χ3n) is 3.71. The molecule has 1 saturated carbocycles. The van der Waals surface area contributed by atoms with Gasteiger partial charge in [0.15, 0.2) is 0 Å². The van der Waals surface area contributed by atoms with Crippen molar-refractivity contribution in [3.63, 3.8) is 0 Å². The number of anilines is 1. The largest absolute Gasteiger partial charge is 0.465 e. The van der Waals surface area contributed by atoms with Crippen LogP contribution < -0.4 is 5.32 Å². The predicted molar refractivity (Wildman–Crippen MR) is 90.2 cm³/mol. The molecule has 1 aromatic carbocycles. The van der Waals surface area contributed by atoms with Crippen LogP contribution in [0.15, 0.2) is 23.4 Å². The summed E-state index contributed by atoms with van der Waals surface area (Å²) in [4.78, 5) is 28.1. The quantitative estimate of drug-likeness (QED) is 0.616. The zero-order valence-electron chi connectivity index (χ0n) is 13.5. The number of rotatable bonds is 6. The molecule has 0 spiro atoms. The van der Waals surface area contributed by atoms with Crippen LogP contribution in [0.3, 0.4) is 0 Å². The number of ether oxygens (including phenoxy) is 1. The monoisotopic (exact) mass is 346 g/mol. The Kier molecular flexibility index (Phi) is 4.84. The summed E-state index contributed by atoms with van der Waals surface area (Å²) < 4.78 is 4.69. The number of H-pyrrole nitrogens is 1. The third-order valence-corrected chi connectivity index (χ3v) is 4.56. The molecule has 2 aromatic rings. The molecule has 1 aliphatic rings. The molecule has 126 valence electrons. The maximum atomic E-state index is 12.1. The standard InChI is InChI=1S/C16H18N4O3S/c1-9-3-4-11(15(22)23-2)7-12(9)17-13(21)8-24-16-18-14(19-20-16)10-5-6-10/h3-4,7,10H,5-6,8H2,1-2H3,(H,17,21)(H,18,19,20). The van der Waals surface area contributed by atoms with E-state index in [-0.39, 0.29) is 11.7 Å². The molecule has 1 fully saturated rings. The number of amides is 1. The van der Waals surface area contributed by atoms with E-state index >= 15 is 0 Å². The molecule has 2 N–H and O–H groups in total. The molecule has 0 saturated heterocycles. The van der Waals surface area contributed by atoms with Crippen LogP contribution in [0.5, 0.6) is 0 Å². The second-order valence-electron chi connectivity index (χ2n) is 5.64. The van der Waals surface area contributed by atoms with Crippen molar-refractivity contribution < 1.29 is 14.3 Å². The lowest BCUT2D eigenvalue weighted by atomic mass is 10.1. The fourth-order valence-corrected chi connectivity index (χ4v) is 2.79. The molecule has 0 unspecified atom stereocenters. The maximum Gasteiger partial charge on any atom is 0.337 e. The number of thioether (sulfide) groups is 1. The first kappa shape index (κ1) is 16.5. The SMILES string of the molecule is COC(=O)c1ccc(C)c(NC(=O)CSc2n[nH]c(C3CC3)n2)c1. The third kappa shape index (κ3) is 3.94. The van der Waals surface area contributed by atoms with E-state index in [1.165, 1.54) is 18.9 Å². The van der Waals surface area contributed by atoms with Crippen molar-refractivity contribution in [2.45, 2.75) is 30.8 Å². The van der Waals surface area contributed by atoms with Crippen molar-refractivity contribution in [2.75, 3.05) is 18.2 Å². The summed E-state index contributed by atoms with van der Waals surface area (Å²) in [5, 5.41) is 10.4. The molecule has 8 heteroatoms. The zero-order valence-corrected chi connectivity index (χ0v) is 14.3. The second-order valence-corrected chi connectivity index (χ2v) is 6.58. The van der Waals surface area contributed by atoms with Crippen molar-refractivity contribution in [3.05, 3.63) is 35.2 Å². The Balaban J connectivity index is 1.58. The summed E-state index contributed by atoms with van der Waals surface area (Å²) in [6.45, 7) is 1.86. The van der Waals surface area contributed by atoms with E-state index in [4.69, 9.17) is 4.74 Å². The molecule has 1 amide bonds. The van der Waals surface area contributed by atoms with Crippen molar-refractivity contribution in [1.82, 2.24) is 15.2 Å². The van der Waals surface area contributed by atoms with Crippen molar-refractivity contribution in [1.29, 1.82) is 0 Å². The van der Waals surface area contributed by atoms with Crippen LogP contribution in [0, 0.1) is 6.92 Å². The Morgan fingerprint density at radius 3 is 2.92 bits per heavy atom. The summed E-state index contributed by atoms with van der Waals surface area (Å²) in [6, 6.07) is 5.05. The highest BCUT2D eigenvalue weighted by atomic mass is 32.2. The van der Waals surface area contributed by atoms with Crippen molar-refractivity contribution in [2.24, 2.45) is 0 Å². The number of carbonyl (C=O) groups excluding carboxylic acids is 2. The first-order valence-corrected chi connectivity index (χ1v) is 8.59. The zero-order chi connectivity index (χ0) is 17.1. The van der Waals surface area contributed by atoms with Gasteiger partial charge in [-0.05, 0) is 37.5 Å². The molecule has 24 heavy (non-hydrogen) atoms. The highest BCUT2D eigenvalue weighted by Gasteiger charge is 2.27. The van der Waals surface area contributed by atoms with E-state index in [1.807, 2.05) is 6.92 Å².